The van der Waals surface area contributed by atoms with Crippen LogP contribution in [0.4, 0.5) is 0 Å². The molecular formula is C19H25NO4. The highest BCUT2D eigenvalue weighted by Crippen LogP contribution is 2.39. The molecule has 0 bridgehead atoms. The Bertz CT molecular complexity index is 602. The molecule has 0 atom stereocenters. The molecule has 0 radical (unpaired) electrons. The number of carbonyl (C=O) groups excluding carboxylic acids is 1. The molecule has 2 heterocycles. The van der Waals surface area contributed by atoms with E-state index in [4.69, 9.17) is 4.74 Å². The van der Waals surface area contributed by atoms with Crippen LogP contribution in [0.15, 0.2) is 24.3 Å². The molecule has 0 aromatic heterocycles. The third-order valence-corrected chi connectivity index (χ3v) is 5.42. The monoisotopic (exact) mass is 331 g/mol. The Balaban J connectivity index is 1.60. The van der Waals surface area contributed by atoms with Gasteiger partial charge in [0.1, 0.15) is 0 Å². The Hall–Kier alpha value is -1.88. The summed E-state index contributed by atoms with van der Waals surface area (Å²) in [7, 11) is 0. The highest BCUT2D eigenvalue weighted by molar-refractivity contribution is 5.89. The molecule has 5 heteroatoms. The van der Waals surface area contributed by atoms with Crippen LogP contribution in [0.2, 0.25) is 0 Å². The first kappa shape index (κ1) is 17.0. The van der Waals surface area contributed by atoms with Crippen LogP contribution in [0.1, 0.15) is 48.0 Å². The maximum atomic E-state index is 12.6. The fourth-order valence-corrected chi connectivity index (χ4v) is 3.98. The quantitative estimate of drug-likeness (QED) is 0.921. The normalized spacial score (nSPS) is 20.1. The van der Waals surface area contributed by atoms with Gasteiger partial charge in [-0.1, -0.05) is 18.2 Å². The number of benzene rings is 1. The first-order chi connectivity index (χ1) is 11.6. The van der Waals surface area contributed by atoms with Gasteiger partial charge < -0.3 is 14.7 Å². The number of hydrogen-bond donors (Lipinski definition) is 1. The van der Waals surface area contributed by atoms with E-state index in [2.05, 4.69) is 0 Å². The first-order valence-corrected chi connectivity index (χ1v) is 8.76. The summed E-state index contributed by atoms with van der Waals surface area (Å²) in [6.07, 6.45) is 5.17. The van der Waals surface area contributed by atoms with E-state index in [1.165, 1.54) is 6.42 Å². The lowest BCUT2D eigenvalue weighted by Crippen LogP contribution is -2.48. The van der Waals surface area contributed by atoms with Crippen LogP contribution in [-0.2, 0) is 16.0 Å². The number of aryl methyl sites for hydroxylation is 1. The predicted molar refractivity (Wildman–Crippen MR) is 90.0 cm³/mol. The molecule has 3 rings (SSSR count). The van der Waals surface area contributed by atoms with E-state index < -0.39 is 5.97 Å². The van der Waals surface area contributed by atoms with Crippen molar-refractivity contribution < 1.29 is 19.4 Å². The van der Waals surface area contributed by atoms with E-state index in [1.807, 2.05) is 11.0 Å². The van der Waals surface area contributed by atoms with Gasteiger partial charge >= 0.3 is 5.97 Å². The fourth-order valence-electron chi connectivity index (χ4n) is 3.98. The van der Waals surface area contributed by atoms with Gasteiger partial charge in [0.2, 0.25) is 5.91 Å². The molecule has 130 valence electrons. The minimum atomic E-state index is -0.933. The van der Waals surface area contributed by atoms with Crippen molar-refractivity contribution >= 4 is 11.9 Å². The molecule has 0 aliphatic carbocycles. The SMILES string of the molecule is O=C(O)c1ccccc1CCC(=O)N1CCCC2(CCOCC2)C1. The molecule has 0 saturated carbocycles. The van der Waals surface area contributed by atoms with Crippen LogP contribution in [0.25, 0.3) is 0 Å². The van der Waals surface area contributed by atoms with Crippen molar-refractivity contribution in [3.8, 4) is 0 Å². The predicted octanol–water partition coefficient (Wildman–Crippen LogP) is 2.74. The summed E-state index contributed by atoms with van der Waals surface area (Å²) in [6.45, 7) is 3.25. The molecule has 5 nitrogen and oxygen atoms in total. The summed E-state index contributed by atoms with van der Waals surface area (Å²) >= 11 is 0. The van der Waals surface area contributed by atoms with Crippen molar-refractivity contribution in [2.24, 2.45) is 5.41 Å². The van der Waals surface area contributed by atoms with Crippen molar-refractivity contribution in [3.05, 3.63) is 35.4 Å². The standard InChI is InChI=1S/C19H25NO4/c21-17(7-6-15-4-1-2-5-16(15)18(22)23)20-11-3-8-19(14-20)9-12-24-13-10-19/h1-2,4-5H,3,6-14H2,(H,22,23). The van der Waals surface area contributed by atoms with E-state index in [-0.39, 0.29) is 11.3 Å². The second-order valence-electron chi connectivity index (χ2n) is 6.99. The highest BCUT2D eigenvalue weighted by Gasteiger charge is 2.38. The molecule has 1 amide bonds. The molecule has 24 heavy (non-hydrogen) atoms. The van der Waals surface area contributed by atoms with Gasteiger partial charge in [-0.25, -0.2) is 4.79 Å². The van der Waals surface area contributed by atoms with Gasteiger partial charge in [-0.3, -0.25) is 4.79 Å². The summed E-state index contributed by atoms with van der Waals surface area (Å²) in [6, 6.07) is 6.94. The molecule has 2 aliphatic rings. The largest absolute Gasteiger partial charge is 0.478 e. The maximum absolute atomic E-state index is 12.6. The van der Waals surface area contributed by atoms with Crippen LogP contribution in [0.3, 0.4) is 0 Å². The number of carboxylic acid groups (broad SMARTS) is 1. The van der Waals surface area contributed by atoms with Crippen molar-refractivity contribution in [2.45, 2.75) is 38.5 Å². The summed E-state index contributed by atoms with van der Waals surface area (Å²) in [5.41, 5.74) is 1.27. The molecule has 2 aliphatic heterocycles. The van der Waals surface area contributed by atoms with Gasteiger partial charge in [-0.05, 0) is 49.1 Å². The number of carboxylic acids is 1. The number of ether oxygens (including phenoxy) is 1. The number of rotatable bonds is 4. The summed E-state index contributed by atoms with van der Waals surface area (Å²) in [4.78, 5) is 25.9. The average Bonchev–Trinajstić information content (AvgIpc) is 2.60. The molecule has 2 fully saturated rings. The lowest BCUT2D eigenvalue weighted by Gasteiger charge is -2.45. The van der Waals surface area contributed by atoms with Gasteiger partial charge in [0.15, 0.2) is 0 Å². The van der Waals surface area contributed by atoms with Crippen LogP contribution in [-0.4, -0.2) is 48.2 Å². The Morgan fingerprint density at radius 1 is 1.17 bits per heavy atom. The minimum Gasteiger partial charge on any atom is -0.478 e. The molecule has 1 aromatic rings. The van der Waals surface area contributed by atoms with Gasteiger partial charge in [0.05, 0.1) is 5.56 Å². The molecule has 1 N–H and O–H groups in total. The average molecular weight is 331 g/mol. The Kier molecular flexibility index (Phi) is 5.19. The third-order valence-electron chi connectivity index (χ3n) is 5.42. The smallest absolute Gasteiger partial charge is 0.335 e. The van der Waals surface area contributed by atoms with E-state index >= 15 is 0 Å². The first-order valence-electron chi connectivity index (χ1n) is 8.76. The van der Waals surface area contributed by atoms with Crippen molar-refractivity contribution in [2.75, 3.05) is 26.3 Å². The van der Waals surface area contributed by atoms with E-state index in [0.29, 0.717) is 18.4 Å². The number of nitrogens with zero attached hydrogens (tertiary/aromatic N) is 1. The van der Waals surface area contributed by atoms with Gasteiger partial charge in [0.25, 0.3) is 0 Å². The zero-order valence-corrected chi connectivity index (χ0v) is 14.0. The molecule has 1 spiro atoms. The van der Waals surface area contributed by atoms with Crippen molar-refractivity contribution in [1.82, 2.24) is 4.90 Å². The molecule has 1 aromatic carbocycles. The highest BCUT2D eigenvalue weighted by atomic mass is 16.5. The Morgan fingerprint density at radius 3 is 2.67 bits per heavy atom. The zero-order valence-electron chi connectivity index (χ0n) is 14.0. The van der Waals surface area contributed by atoms with Crippen LogP contribution in [0.5, 0.6) is 0 Å². The Morgan fingerprint density at radius 2 is 1.92 bits per heavy atom. The number of aromatic carboxylic acids is 1. The van der Waals surface area contributed by atoms with Crippen LogP contribution in [0, 0.1) is 5.41 Å². The Labute approximate surface area is 142 Å². The van der Waals surface area contributed by atoms with Crippen LogP contribution >= 0.6 is 0 Å². The minimum absolute atomic E-state index is 0.140. The van der Waals surface area contributed by atoms with Gasteiger partial charge in [-0.2, -0.15) is 0 Å². The van der Waals surface area contributed by atoms with E-state index in [9.17, 15) is 14.7 Å². The zero-order chi connectivity index (χ0) is 17.0. The second kappa shape index (κ2) is 7.34. The lowest BCUT2D eigenvalue weighted by atomic mass is 9.74. The van der Waals surface area contributed by atoms with Crippen LogP contribution < -0.4 is 0 Å². The lowest BCUT2D eigenvalue weighted by molar-refractivity contribution is -0.136. The summed E-state index contributed by atoms with van der Waals surface area (Å²) < 4.78 is 5.47. The number of hydrogen-bond acceptors (Lipinski definition) is 3. The van der Waals surface area contributed by atoms with Gasteiger partial charge in [0, 0.05) is 32.7 Å². The number of carbonyl (C=O) groups is 2. The molecular weight excluding hydrogens is 306 g/mol. The fraction of sp³-hybridized carbons (Fsp3) is 0.579. The maximum Gasteiger partial charge on any atom is 0.335 e. The third kappa shape index (κ3) is 3.78. The molecule has 0 unspecified atom stereocenters. The summed E-state index contributed by atoms with van der Waals surface area (Å²) in [5, 5.41) is 9.24. The van der Waals surface area contributed by atoms with E-state index in [0.717, 1.165) is 51.1 Å². The summed E-state index contributed by atoms with van der Waals surface area (Å²) in [5.74, 6) is -0.794. The van der Waals surface area contributed by atoms with Gasteiger partial charge in [-0.15, -0.1) is 0 Å². The second-order valence-corrected chi connectivity index (χ2v) is 6.99. The molecule has 2 saturated heterocycles. The number of likely N-dealkylation sites (tertiary alicyclic amines) is 1. The van der Waals surface area contributed by atoms with E-state index in [1.54, 1.807) is 18.2 Å². The van der Waals surface area contributed by atoms with Crippen molar-refractivity contribution in [3.63, 3.8) is 0 Å². The van der Waals surface area contributed by atoms with Crippen molar-refractivity contribution in [1.29, 1.82) is 0 Å². The topological polar surface area (TPSA) is 66.8 Å². The number of piperidine rings is 1. The number of amides is 1.